The van der Waals surface area contributed by atoms with E-state index in [-0.39, 0.29) is 5.41 Å². The second-order valence-corrected chi connectivity index (χ2v) is 6.09. The Morgan fingerprint density at radius 1 is 0.950 bits per heavy atom. The van der Waals surface area contributed by atoms with Crippen LogP contribution in [0, 0.1) is 0 Å². The molecule has 0 bridgehead atoms. The number of rotatable bonds is 4. The summed E-state index contributed by atoms with van der Waals surface area (Å²) in [5.74, 6) is 0.899. The third kappa shape index (κ3) is 3.84. The fourth-order valence-corrected chi connectivity index (χ4v) is 2.06. The van der Waals surface area contributed by atoms with Gasteiger partial charge in [0, 0.05) is 6.54 Å². The molecule has 2 heteroatoms. The van der Waals surface area contributed by atoms with Gasteiger partial charge in [-0.3, -0.25) is 0 Å². The molecule has 0 radical (unpaired) electrons. The van der Waals surface area contributed by atoms with E-state index in [0.29, 0.717) is 13.2 Å². The third-order valence-electron chi connectivity index (χ3n) is 3.35. The van der Waals surface area contributed by atoms with Crippen molar-refractivity contribution in [3.8, 4) is 5.75 Å². The second-order valence-electron chi connectivity index (χ2n) is 6.09. The van der Waals surface area contributed by atoms with Gasteiger partial charge in [0.1, 0.15) is 12.4 Å². The monoisotopic (exact) mass is 269 g/mol. The molecule has 0 unspecified atom stereocenters. The van der Waals surface area contributed by atoms with Crippen LogP contribution in [0.5, 0.6) is 5.75 Å². The molecule has 20 heavy (non-hydrogen) atoms. The molecule has 106 valence electrons. The van der Waals surface area contributed by atoms with Crippen LogP contribution >= 0.6 is 0 Å². The Morgan fingerprint density at radius 3 is 2.20 bits per heavy atom. The van der Waals surface area contributed by atoms with Crippen molar-refractivity contribution in [2.75, 3.05) is 0 Å². The average Bonchev–Trinajstić information content (AvgIpc) is 2.45. The number of hydrogen-bond acceptors (Lipinski definition) is 2. The predicted molar refractivity (Wildman–Crippen MR) is 83.8 cm³/mol. The molecule has 0 amide bonds. The Balaban J connectivity index is 2.00. The van der Waals surface area contributed by atoms with Gasteiger partial charge in [-0.15, -0.1) is 0 Å². The van der Waals surface area contributed by atoms with Crippen molar-refractivity contribution < 1.29 is 4.74 Å². The first-order valence-corrected chi connectivity index (χ1v) is 7.00. The van der Waals surface area contributed by atoms with Gasteiger partial charge in [0.05, 0.1) is 0 Å². The van der Waals surface area contributed by atoms with Crippen molar-refractivity contribution in [2.24, 2.45) is 5.73 Å². The van der Waals surface area contributed by atoms with E-state index in [1.807, 2.05) is 24.3 Å². The summed E-state index contributed by atoms with van der Waals surface area (Å²) >= 11 is 0. The lowest BCUT2D eigenvalue weighted by Gasteiger charge is -2.19. The fraction of sp³-hybridized carbons (Fsp3) is 0.333. The lowest BCUT2D eigenvalue weighted by molar-refractivity contribution is 0.306. The van der Waals surface area contributed by atoms with Crippen LogP contribution in [0.3, 0.4) is 0 Å². The molecule has 0 saturated carbocycles. The fourth-order valence-electron chi connectivity index (χ4n) is 2.06. The SMILES string of the molecule is CC(C)(C)c1ccc(OCc2cccc(CN)c2)cc1. The van der Waals surface area contributed by atoms with Gasteiger partial charge in [-0.2, -0.15) is 0 Å². The first-order valence-electron chi connectivity index (χ1n) is 7.00. The van der Waals surface area contributed by atoms with Crippen LogP contribution in [0.15, 0.2) is 48.5 Å². The molecule has 0 fully saturated rings. The van der Waals surface area contributed by atoms with E-state index >= 15 is 0 Å². The van der Waals surface area contributed by atoms with Gasteiger partial charge in [0.2, 0.25) is 0 Å². The predicted octanol–water partition coefficient (Wildman–Crippen LogP) is 4.02. The number of nitrogens with two attached hydrogens (primary N) is 1. The van der Waals surface area contributed by atoms with Gasteiger partial charge in [-0.1, -0.05) is 57.2 Å². The minimum absolute atomic E-state index is 0.175. The van der Waals surface area contributed by atoms with Crippen molar-refractivity contribution >= 4 is 0 Å². The molecule has 2 aromatic carbocycles. The maximum absolute atomic E-state index is 5.82. The molecule has 2 aromatic rings. The summed E-state index contributed by atoms with van der Waals surface area (Å²) in [6, 6.07) is 16.5. The van der Waals surface area contributed by atoms with Crippen LogP contribution in [0.25, 0.3) is 0 Å². The second kappa shape index (κ2) is 6.10. The lowest BCUT2D eigenvalue weighted by Crippen LogP contribution is -2.10. The highest BCUT2D eigenvalue weighted by Gasteiger charge is 2.12. The van der Waals surface area contributed by atoms with E-state index in [2.05, 4.69) is 45.0 Å². The molecule has 0 aliphatic heterocycles. The van der Waals surface area contributed by atoms with Crippen LogP contribution in [-0.2, 0) is 18.6 Å². The highest BCUT2D eigenvalue weighted by Crippen LogP contribution is 2.24. The zero-order chi connectivity index (χ0) is 14.6. The van der Waals surface area contributed by atoms with Crippen molar-refractivity contribution in [3.05, 3.63) is 65.2 Å². The molecule has 0 aliphatic carbocycles. The maximum Gasteiger partial charge on any atom is 0.119 e. The molecule has 0 spiro atoms. The largest absolute Gasteiger partial charge is 0.489 e. The van der Waals surface area contributed by atoms with E-state index in [0.717, 1.165) is 16.9 Å². The van der Waals surface area contributed by atoms with Gasteiger partial charge in [0.15, 0.2) is 0 Å². The Hall–Kier alpha value is -1.80. The van der Waals surface area contributed by atoms with E-state index < -0.39 is 0 Å². The highest BCUT2D eigenvalue weighted by atomic mass is 16.5. The molecule has 0 aromatic heterocycles. The van der Waals surface area contributed by atoms with Crippen molar-refractivity contribution in [1.82, 2.24) is 0 Å². The topological polar surface area (TPSA) is 35.2 Å². The summed E-state index contributed by atoms with van der Waals surface area (Å²) in [6.45, 7) is 7.76. The zero-order valence-corrected chi connectivity index (χ0v) is 12.5. The van der Waals surface area contributed by atoms with Gasteiger partial charge in [0.25, 0.3) is 0 Å². The molecule has 2 nitrogen and oxygen atoms in total. The van der Waals surface area contributed by atoms with Gasteiger partial charge < -0.3 is 10.5 Å². The molecular formula is C18H23NO. The number of ether oxygens (including phenoxy) is 1. The molecule has 0 atom stereocenters. The Kier molecular flexibility index (Phi) is 4.46. The lowest BCUT2D eigenvalue weighted by atomic mass is 9.87. The number of hydrogen-bond donors (Lipinski definition) is 1. The van der Waals surface area contributed by atoms with E-state index in [4.69, 9.17) is 10.5 Å². The van der Waals surface area contributed by atoms with Crippen LogP contribution in [-0.4, -0.2) is 0 Å². The Labute approximate surface area is 121 Å². The summed E-state index contributed by atoms with van der Waals surface area (Å²) in [5, 5.41) is 0. The van der Waals surface area contributed by atoms with Crippen molar-refractivity contribution in [1.29, 1.82) is 0 Å². The summed E-state index contributed by atoms with van der Waals surface area (Å²) in [6.07, 6.45) is 0. The quantitative estimate of drug-likeness (QED) is 0.909. The van der Waals surface area contributed by atoms with Gasteiger partial charge in [-0.25, -0.2) is 0 Å². The van der Waals surface area contributed by atoms with E-state index in [1.54, 1.807) is 0 Å². The third-order valence-corrected chi connectivity index (χ3v) is 3.35. The Morgan fingerprint density at radius 2 is 1.60 bits per heavy atom. The highest BCUT2D eigenvalue weighted by molar-refractivity contribution is 5.31. The van der Waals surface area contributed by atoms with E-state index in [1.165, 1.54) is 5.56 Å². The maximum atomic E-state index is 5.82. The molecule has 0 saturated heterocycles. The summed E-state index contributed by atoms with van der Waals surface area (Å²) in [4.78, 5) is 0. The number of benzene rings is 2. The normalized spacial score (nSPS) is 11.4. The van der Waals surface area contributed by atoms with Gasteiger partial charge in [-0.05, 0) is 34.2 Å². The molecule has 0 aliphatic rings. The van der Waals surface area contributed by atoms with E-state index in [9.17, 15) is 0 Å². The van der Waals surface area contributed by atoms with Crippen LogP contribution in [0.2, 0.25) is 0 Å². The van der Waals surface area contributed by atoms with Crippen LogP contribution in [0.4, 0.5) is 0 Å². The van der Waals surface area contributed by atoms with Crippen molar-refractivity contribution in [2.45, 2.75) is 39.3 Å². The molecule has 0 heterocycles. The molecule has 2 rings (SSSR count). The average molecular weight is 269 g/mol. The minimum atomic E-state index is 0.175. The molecular weight excluding hydrogens is 246 g/mol. The summed E-state index contributed by atoms with van der Waals surface area (Å²) in [5.41, 5.74) is 9.41. The first kappa shape index (κ1) is 14.6. The standard InChI is InChI=1S/C18H23NO/c1-18(2,3)16-7-9-17(10-8-16)20-13-15-6-4-5-14(11-15)12-19/h4-11H,12-13,19H2,1-3H3. The first-order chi connectivity index (χ1) is 9.49. The van der Waals surface area contributed by atoms with Crippen molar-refractivity contribution in [3.63, 3.8) is 0 Å². The Bertz CT molecular complexity index is 552. The van der Waals surface area contributed by atoms with Gasteiger partial charge >= 0.3 is 0 Å². The van der Waals surface area contributed by atoms with Crippen LogP contribution in [0.1, 0.15) is 37.5 Å². The minimum Gasteiger partial charge on any atom is -0.489 e. The summed E-state index contributed by atoms with van der Waals surface area (Å²) < 4.78 is 5.82. The van der Waals surface area contributed by atoms with Crippen LogP contribution < -0.4 is 10.5 Å². The smallest absolute Gasteiger partial charge is 0.119 e. The zero-order valence-electron chi connectivity index (χ0n) is 12.5. The molecule has 2 N–H and O–H groups in total. The summed E-state index contributed by atoms with van der Waals surface area (Å²) in [7, 11) is 0.